The minimum absolute atomic E-state index is 0.122. The number of pyridine rings is 2. The van der Waals surface area contributed by atoms with E-state index in [4.69, 9.17) is 9.26 Å². The molecule has 0 aliphatic heterocycles. The van der Waals surface area contributed by atoms with Gasteiger partial charge in [-0.1, -0.05) is 0 Å². The summed E-state index contributed by atoms with van der Waals surface area (Å²) in [7, 11) is 2.11. The Morgan fingerprint density at radius 2 is 2.15 bits per heavy atom. The predicted molar refractivity (Wildman–Crippen MR) is 104 cm³/mol. The Morgan fingerprint density at radius 1 is 1.41 bits per heavy atom. The molecular formula is C16H22N5O5P. The van der Waals surface area contributed by atoms with E-state index in [-0.39, 0.29) is 24.5 Å². The van der Waals surface area contributed by atoms with Crippen LogP contribution in [0.2, 0.25) is 0 Å². The molecule has 2 atom stereocenters. The van der Waals surface area contributed by atoms with Crippen molar-refractivity contribution in [2.45, 2.75) is 32.4 Å². The Bertz CT molecular complexity index is 826. The van der Waals surface area contributed by atoms with E-state index in [9.17, 15) is 14.9 Å². The summed E-state index contributed by atoms with van der Waals surface area (Å²) in [6, 6.07) is 2.93. The monoisotopic (exact) mass is 395 g/mol. The summed E-state index contributed by atoms with van der Waals surface area (Å²) in [6.45, 7) is 5.55. The smallest absolute Gasteiger partial charge is 0.407 e. The maximum atomic E-state index is 11.9. The molecule has 0 aliphatic rings. The van der Waals surface area contributed by atoms with Crippen molar-refractivity contribution in [3.8, 4) is 0 Å². The van der Waals surface area contributed by atoms with Crippen molar-refractivity contribution in [3.63, 3.8) is 0 Å². The largest absolute Gasteiger partial charge is 0.444 e. The first kappa shape index (κ1) is 20.7. The van der Waals surface area contributed by atoms with Gasteiger partial charge in [0.25, 0.3) is 0 Å². The van der Waals surface area contributed by atoms with Crippen LogP contribution in [0.3, 0.4) is 0 Å². The zero-order valence-electron chi connectivity index (χ0n) is 15.3. The highest BCUT2D eigenvalue weighted by molar-refractivity contribution is 7.09. The SMILES string of the molecule is CC(C)(C)OC(=O)NC[C@H](COP)Nc1c([N+](=O)[O-])cnc2cccnc12. The summed E-state index contributed by atoms with van der Waals surface area (Å²) in [5.74, 6) is 0. The van der Waals surface area contributed by atoms with Gasteiger partial charge in [-0.05, 0) is 32.9 Å². The van der Waals surface area contributed by atoms with E-state index >= 15 is 0 Å². The van der Waals surface area contributed by atoms with Gasteiger partial charge in [-0.15, -0.1) is 0 Å². The fourth-order valence-electron chi connectivity index (χ4n) is 2.28. The third kappa shape index (κ3) is 5.97. The van der Waals surface area contributed by atoms with E-state index in [0.717, 1.165) is 0 Å². The highest BCUT2D eigenvalue weighted by atomic mass is 31.0. The van der Waals surface area contributed by atoms with E-state index < -0.39 is 22.7 Å². The number of carbonyl (C=O) groups is 1. The molecule has 2 heterocycles. The first-order valence-corrected chi connectivity index (χ1v) is 8.61. The van der Waals surface area contributed by atoms with Crippen LogP contribution in [0, 0.1) is 10.1 Å². The first-order chi connectivity index (χ1) is 12.7. The number of alkyl carbamates (subject to hydrolysis) is 1. The van der Waals surface area contributed by atoms with Gasteiger partial charge in [0.1, 0.15) is 23.0 Å². The topological polar surface area (TPSA) is 129 Å². The molecule has 1 amide bonds. The maximum absolute atomic E-state index is 11.9. The summed E-state index contributed by atoms with van der Waals surface area (Å²) >= 11 is 0. The van der Waals surface area contributed by atoms with E-state index in [2.05, 4.69) is 30.1 Å². The van der Waals surface area contributed by atoms with E-state index in [0.29, 0.717) is 11.0 Å². The van der Waals surface area contributed by atoms with Crippen molar-refractivity contribution < 1.29 is 19.0 Å². The standard InChI is InChI=1S/C16H22N5O5P/c1-16(2,3)26-15(22)19-7-10(9-25-27)20-14-12(21(23)24)8-18-11-5-4-6-17-13(11)14/h4-6,8,10H,7,9,27H2,1-3H3,(H,18,20)(H,19,22)/t10-/m1/s1. The molecule has 11 heteroatoms. The zero-order chi connectivity index (χ0) is 20.0. The van der Waals surface area contributed by atoms with E-state index in [1.807, 2.05) is 0 Å². The molecular weight excluding hydrogens is 373 g/mol. The van der Waals surface area contributed by atoms with Crippen molar-refractivity contribution in [2.24, 2.45) is 0 Å². The molecule has 2 aromatic rings. The number of amides is 1. The quantitative estimate of drug-likeness (QED) is 0.416. The van der Waals surface area contributed by atoms with Crippen molar-refractivity contribution in [3.05, 3.63) is 34.6 Å². The lowest BCUT2D eigenvalue weighted by Crippen LogP contribution is -2.41. The number of nitrogens with one attached hydrogen (secondary N) is 2. The van der Waals surface area contributed by atoms with Gasteiger partial charge in [0.2, 0.25) is 0 Å². The fourth-order valence-corrected chi connectivity index (χ4v) is 2.52. The van der Waals surface area contributed by atoms with Crippen LogP contribution in [0.4, 0.5) is 16.2 Å². The van der Waals surface area contributed by atoms with E-state index in [1.165, 1.54) is 12.4 Å². The van der Waals surface area contributed by atoms with Gasteiger partial charge in [-0.3, -0.25) is 15.1 Å². The van der Waals surface area contributed by atoms with E-state index in [1.54, 1.807) is 32.9 Å². The fraction of sp³-hybridized carbons (Fsp3) is 0.438. The molecule has 1 unspecified atom stereocenters. The van der Waals surface area contributed by atoms with Crippen LogP contribution < -0.4 is 10.6 Å². The van der Waals surface area contributed by atoms with Crippen LogP contribution >= 0.6 is 9.47 Å². The average Bonchev–Trinajstić information content (AvgIpc) is 2.58. The molecule has 0 aromatic carbocycles. The van der Waals surface area contributed by atoms with Crippen LogP contribution in [-0.2, 0) is 9.26 Å². The summed E-state index contributed by atoms with van der Waals surface area (Å²) in [4.78, 5) is 31.0. The van der Waals surface area contributed by atoms with Crippen LogP contribution in [0.25, 0.3) is 11.0 Å². The summed E-state index contributed by atoms with van der Waals surface area (Å²) in [6.07, 6.45) is 2.11. The number of nitro groups is 1. The Labute approximate surface area is 158 Å². The van der Waals surface area contributed by atoms with Gasteiger partial charge in [0.05, 0.1) is 23.1 Å². The van der Waals surface area contributed by atoms with Crippen molar-refractivity contribution in [2.75, 3.05) is 18.5 Å². The molecule has 146 valence electrons. The molecule has 2 N–H and O–H groups in total. The number of aromatic nitrogens is 2. The lowest BCUT2D eigenvalue weighted by molar-refractivity contribution is -0.384. The van der Waals surface area contributed by atoms with Gasteiger partial charge in [0, 0.05) is 22.2 Å². The molecule has 10 nitrogen and oxygen atoms in total. The summed E-state index contributed by atoms with van der Waals surface area (Å²) in [5.41, 5.74) is 0.235. The second-order valence-corrected chi connectivity index (χ2v) is 7.04. The third-order valence-electron chi connectivity index (χ3n) is 3.34. The Balaban J connectivity index is 2.24. The molecule has 0 fully saturated rings. The molecule has 0 aliphatic carbocycles. The third-order valence-corrected chi connectivity index (χ3v) is 3.53. The lowest BCUT2D eigenvalue weighted by atomic mass is 10.2. The van der Waals surface area contributed by atoms with Gasteiger partial charge >= 0.3 is 11.8 Å². The van der Waals surface area contributed by atoms with Gasteiger partial charge in [0.15, 0.2) is 0 Å². The average molecular weight is 395 g/mol. The van der Waals surface area contributed by atoms with Crippen molar-refractivity contribution >= 4 is 38.0 Å². The number of hydrogen-bond donors (Lipinski definition) is 2. The van der Waals surface area contributed by atoms with Crippen molar-refractivity contribution in [1.82, 2.24) is 15.3 Å². The highest BCUT2D eigenvalue weighted by Gasteiger charge is 2.23. The molecule has 2 aromatic heterocycles. The number of fused-ring (bicyclic) bond motifs is 1. The molecule has 0 saturated heterocycles. The molecule has 0 radical (unpaired) electrons. The molecule has 0 bridgehead atoms. The lowest BCUT2D eigenvalue weighted by Gasteiger charge is -2.23. The summed E-state index contributed by atoms with van der Waals surface area (Å²) < 4.78 is 10.3. The molecule has 27 heavy (non-hydrogen) atoms. The number of hydrogen-bond acceptors (Lipinski definition) is 8. The van der Waals surface area contributed by atoms with Crippen LogP contribution in [0.5, 0.6) is 0 Å². The van der Waals surface area contributed by atoms with Crippen LogP contribution in [0.15, 0.2) is 24.5 Å². The number of rotatable bonds is 7. The molecule has 2 rings (SSSR count). The van der Waals surface area contributed by atoms with Gasteiger partial charge in [-0.2, -0.15) is 0 Å². The number of anilines is 1. The zero-order valence-corrected chi connectivity index (χ0v) is 16.4. The normalized spacial score (nSPS) is 12.4. The Kier molecular flexibility index (Phi) is 6.81. The minimum Gasteiger partial charge on any atom is -0.444 e. The van der Waals surface area contributed by atoms with Crippen molar-refractivity contribution in [1.29, 1.82) is 0 Å². The Morgan fingerprint density at radius 3 is 2.78 bits per heavy atom. The van der Waals surface area contributed by atoms with Gasteiger partial charge in [-0.25, -0.2) is 9.78 Å². The molecule has 0 spiro atoms. The number of ether oxygens (including phenoxy) is 1. The second-order valence-electron chi connectivity index (χ2n) is 6.70. The van der Waals surface area contributed by atoms with Gasteiger partial charge < -0.3 is 19.9 Å². The minimum atomic E-state index is -0.631. The maximum Gasteiger partial charge on any atom is 0.407 e. The number of nitrogens with zero attached hydrogens (tertiary/aromatic N) is 3. The number of carbonyl (C=O) groups excluding carboxylic acids is 1. The Hall–Kier alpha value is -2.58. The highest BCUT2D eigenvalue weighted by Crippen LogP contribution is 2.30. The second kappa shape index (κ2) is 8.88. The predicted octanol–water partition coefficient (Wildman–Crippen LogP) is 2.65. The molecule has 0 saturated carbocycles. The van der Waals surface area contributed by atoms with Crippen LogP contribution in [-0.4, -0.2) is 45.8 Å². The summed E-state index contributed by atoms with van der Waals surface area (Å²) in [5, 5.41) is 17.1. The van der Waals surface area contributed by atoms with Crippen LogP contribution in [0.1, 0.15) is 20.8 Å². The first-order valence-electron chi connectivity index (χ1n) is 8.14.